The molecule has 1 amide bonds. The highest BCUT2D eigenvalue weighted by Crippen LogP contribution is 2.13. The number of hydrogen-bond donors (Lipinski definition) is 3. The third-order valence-electron chi connectivity index (χ3n) is 3.16. The van der Waals surface area contributed by atoms with Crippen LogP contribution >= 0.6 is 0 Å². The fourth-order valence-electron chi connectivity index (χ4n) is 2.15. The number of hydrogen-bond acceptors (Lipinski definition) is 5. The maximum absolute atomic E-state index is 11.2. The number of benzene rings is 1. The van der Waals surface area contributed by atoms with Gasteiger partial charge in [0.1, 0.15) is 18.5 Å². The van der Waals surface area contributed by atoms with Gasteiger partial charge in [0, 0.05) is 26.2 Å². The molecule has 6 heteroatoms. The van der Waals surface area contributed by atoms with Crippen molar-refractivity contribution < 1.29 is 14.6 Å². The summed E-state index contributed by atoms with van der Waals surface area (Å²) in [7, 11) is 0. The van der Waals surface area contributed by atoms with E-state index in [4.69, 9.17) is 10.5 Å². The zero-order valence-corrected chi connectivity index (χ0v) is 11.4. The van der Waals surface area contributed by atoms with Crippen molar-refractivity contribution in [2.45, 2.75) is 12.6 Å². The van der Waals surface area contributed by atoms with Crippen LogP contribution in [0.2, 0.25) is 0 Å². The molecular weight excluding hydrogens is 258 g/mol. The van der Waals surface area contributed by atoms with Crippen LogP contribution in [0.5, 0.6) is 5.75 Å². The van der Waals surface area contributed by atoms with Gasteiger partial charge in [-0.25, -0.2) is 0 Å². The Kier molecular flexibility index (Phi) is 5.34. The molecule has 1 aromatic rings. The first-order valence-electron chi connectivity index (χ1n) is 6.76. The number of ether oxygens (including phenoxy) is 1. The lowest BCUT2D eigenvalue weighted by atomic mass is 10.2. The van der Waals surface area contributed by atoms with E-state index in [0.29, 0.717) is 31.9 Å². The Labute approximate surface area is 118 Å². The van der Waals surface area contributed by atoms with Gasteiger partial charge in [-0.15, -0.1) is 0 Å². The van der Waals surface area contributed by atoms with Crippen molar-refractivity contribution in [2.24, 2.45) is 5.73 Å². The number of aliphatic hydroxyl groups is 1. The normalized spacial score (nSPS) is 17.6. The van der Waals surface area contributed by atoms with Crippen molar-refractivity contribution in [3.05, 3.63) is 29.8 Å². The maximum Gasteiger partial charge on any atom is 0.234 e. The van der Waals surface area contributed by atoms with Crippen molar-refractivity contribution in [2.75, 3.05) is 32.8 Å². The molecule has 0 spiro atoms. The summed E-state index contributed by atoms with van der Waals surface area (Å²) in [5.74, 6) is 0.698. The van der Waals surface area contributed by atoms with E-state index in [9.17, 15) is 9.90 Å². The number of piperazine rings is 1. The van der Waals surface area contributed by atoms with Gasteiger partial charge in [0.15, 0.2) is 0 Å². The molecule has 0 saturated carbocycles. The Hall–Kier alpha value is -1.63. The number of nitrogens with zero attached hydrogens (tertiary/aromatic N) is 1. The van der Waals surface area contributed by atoms with E-state index in [-0.39, 0.29) is 12.5 Å². The Morgan fingerprint density at radius 3 is 3.10 bits per heavy atom. The molecule has 0 bridgehead atoms. The van der Waals surface area contributed by atoms with Gasteiger partial charge in [-0.3, -0.25) is 9.69 Å². The molecule has 0 aromatic heterocycles. The van der Waals surface area contributed by atoms with Gasteiger partial charge in [0.2, 0.25) is 5.91 Å². The molecular formula is C14H21N3O3. The lowest BCUT2D eigenvalue weighted by Gasteiger charge is -2.28. The lowest BCUT2D eigenvalue weighted by Crippen LogP contribution is -2.50. The van der Waals surface area contributed by atoms with Gasteiger partial charge in [0.05, 0.1) is 6.54 Å². The average Bonchev–Trinajstić information content (AvgIpc) is 2.45. The summed E-state index contributed by atoms with van der Waals surface area (Å²) in [6, 6.07) is 7.50. The van der Waals surface area contributed by atoms with Crippen LogP contribution in [0.1, 0.15) is 5.56 Å². The standard InChI is InChI=1S/C14H21N3O3/c15-7-11-2-1-3-13(6-11)20-10-12(18)8-17-5-4-16-14(19)9-17/h1-3,6,12,18H,4-5,7-10,15H2,(H,16,19). The van der Waals surface area contributed by atoms with Gasteiger partial charge in [-0.1, -0.05) is 12.1 Å². The molecule has 4 N–H and O–H groups in total. The van der Waals surface area contributed by atoms with Crippen LogP contribution in [0, 0.1) is 0 Å². The molecule has 20 heavy (non-hydrogen) atoms. The molecule has 1 atom stereocenters. The predicted octanol–water partition coefficient (Wildman–Crippen LogP) is -0.683. The highest BCUT2D eigenvalue weighted by molar-refractivity contribution is 5.78. The van der Waals surface area contributed by atoms with Crippen LogP contribution in [0.25, 0.3) is 0 Å². The highest BCUT2D eigenvalue weighted by atomic mass is 16.5. The Balaban J connectivity index is 1.76. The van der Waals surface area contributed by atoms with Gasteiger partial charge in [0.25, 0.3) is 0 Å². The van der Waals surface area contributed by atoms with Gasteiger partial charge in [-0.05, 0) is 17.7 Å². The number of nitrogens with one attached hydrogen (secondary N) is 1. The fraction of sp³-hybridized carbons (Fsp3) is 0.500. The summed E-state index contributed by atoms with van der Waals surface area (Å²) >= 11 is 0. The quantitative estimate of drug-likeness (QED) is 0.642. The number of nitrogens with two attached hydrogens (primary N) is 1. The first kappa shape index (κ1) is 14.8. The minimum Gasteiger partial charge on any atom is -0.491 e. The lowest BCUT2D eigenvalue weighted by molar-refractivity contribution is -0.124. The molecule has 0 radical (unpaired) electrons. The first-order valence-corrected chi connectivity index (χ1v) is 6.76. The van der Waals surface area contributed by atoms with E-state index in [1.165, 1.54) is 0 Å². The molecule has 1 saturated heterocycles. The second-order valence-corrected chi connectivity index (χ2v) is 4.90. The van der Waals surface area contributed by atoms with Crippen LogP contribution < -0.4 is 15.8 Å². The number of amides is 1. The highest BCUT2D eigenvalue weighted by Gasteiger charge is 2.19. The van der Waals surface area contributed by atoms with Gasteiger partial charge < -0.3 is 20.9 Å². The third-order valence-corrected chi connectivity index (χ3v) is 3.16. The Morgan fingerprint density at radius 2 is 2.35 bits per heavy atom. The molecule has 1 aromatic carbocycles. The first-order chi connectivity index (χ1) is 9.67. The number of carbonyl (C=O) groups excluding carboxylic acids is 1. The van der Waals surface area contributed by atoms with Crippen LogP contribution in [-0.4, -0.2) is 54.8 Å². The summed E-state index contributed by atoms with van der Waals surface area (Å²) in [5, 5.41) is 12.7. The molecule has 0 aliphatic carbocycles. The molecule has 1 unspecified atom stereocenters. The fourth-order valence-corrected chi connectivity index (χ4v) is 2.15. The number of aliphatic hydroxyl groups excluding tert-OH is 1. The molecule has 1 aliphatic rings. The summed E-state index contributed by atoms with van der Waals surface area (Å²) < 4.78 is 5.55. The topological polar surface area (TPSA) is 87.8 Å². The zero-order valence-electron chi connectivity index (χ0n) is 11.4. The number of β-amino-alcohol motifs (C(OH)–C–C–N with tert-alkyl or cyclic N) is 1. The Morgan fingerprint density at radius 1 is 1.50 bits per heavy atom. The van der Waals surface area contributed by atoms with E-state index in [2.05, 4.69) is 5.32 Å². The molecule has 1 aliphatic heterocycles. The SMILES string of the molecule is NCc1cccc(OCC(O)CN2CCNC(=O)C2)c1. The van der Waals surface area contributed by atoms with Crippen LogP contribution in [-0.2, 0) is 11.3 Å². The summed E-state index contributed by atoms with van der Waals surface area (Å²) in [5.41, 5.74) is 6.55. The van der Waals surface area contributed by atoms with Gasteiger partial charge >= 0.3 is 0 Å². The largest absolute Gasteiger partial charge is 0.491 e. The van der Waals surface area contributed by atoms with E-state index in [1.54, 1.807) is 0 Å². The van der Waals surface area contributed by atoms with E-state index in [1.807, 2.05) is 29.2 Å². The van der Waals surface area contributed by atoms with E-state index < -0.39 is 6.10 Å². The minimum absolute atomic E-state index is 0.0000142. The predicted molar refractivity (Wildman–Crippen MR) is 75.3 cm³/mol. The van der Waals surface area contributed by atoms with E-state index in [0.717, 1.165) is 12.1 Å². The second kappa shape index (κ2) is 7.23. The summed E-state index contributed by atoms with van der Waals surface area (Å²) in [6.45, 7) is 2.81. The Bertz CT molecular complexity index is 453. The third kappa shape index (κ3) is 4.48. The summed E-state index contributed by atoms with van der Waals surface area (Å²) in [4.78, 5) is 13.1. The molecule has 110 valence electrons. The molecule has 1 fully saturated rings. The zero-order chi connectivity index (χ0) is 14.4. The number of carbonyl (C=O) groups is 1. The average molecular weight is 279 g/mol. The molecule has 6 nitrogen and oxygen atoms in total. The van der Waals surface area contributed by atoms with Crippen LogP contribution in [0.3, 0.4) is 0 Å². The second-order valence-electron chi connectivity index (χ2n) is 4.90. The van der Waals surface area contributed by atoms with Crippen LogP contribution in [0.15, 0.2) is 24.3 Å². The van der Waals surface area contributed by atoms with Crippen molar-refractivity contribution in [1.29, 1.82) is 0 Å². The molecule has 2 rings (SSSR count). The molecule has 1 heterocycles. The van der Waals surface area contributed by atoms with Gasteiger partial charge in [-0.2, -0.15) is 0 Å². The van der Waals surface area contributed by atoms with Crippen molar-refractivity contribution in [3.63, 3.8) is 0 Å². The summed E-state index contributed by atoms with van der Waals surface area (Å²) in [6.07, 6.45) is -0.623. The van der Waals surface area contributed by atoms with Crippen molar-refractivity contribution in [1.82, 2.24) is 10.2 Å². The maximum atomic E-state index is 11.2. The van der Waals surface area contributed by atoms with Crippen LogP contribution in [0.4, 0.5) is 0 Å². The smallest absolute Gasteiger partial charge is 0.234 e. The van der Waals surface area contributed by atoms with Crippen molar-refractivity contribution in [3.8, 4) is 5.75 Å². The van der Waals surface area contributed by atoms with E-state index >= 15 is 0 Å². The van der Waals surface area contributed by atoms with Crippen molar-refractivity contribution >= 4 is 5.91 Å². The number of rotatable bonds is 6. The minimum atomic E-state index is -0.623. The monoisotopic (exact) mass is 279 g/mol.